The van der Waals surface area contributed by atoms with Gasteiger partial charge in [0.1, 0.15) is 11.4 Å². The molecule has 88 valence electrons. The molecule has 0 fully saturated rings. The lowest BCUT2D eigenvalue weighted by atomic mass is 10.1. The summed E-state index contributed by atoms with van der Waals surface area (Å²) in [6.45, 7) is 1.82. The van der Waals surface area contributed by atoms with Gasteiger partial charge in [0.05, 0.1) is 15.2 Å². The molecule has 0 atom stereocenters. The molecule has 6 heteroatoms. The van der Waals surface area contributed by atoms with Gasteiger partial charge in [-0.1, -0.05) is 12.1 Å². The fourth-order valence-electron chi connectivity index (χ4n) is 1.64. The first kappa shape index (κ1) is 11.4. The van der Waals surface area contributed by atoms with Crippen molar-refractivity contribution in [2.24, 2.45) is 0 Å². The minimum absolute atomic E-state index is 0.0773. The lowest BCUT2D eigenvalue weighted by Gasteiger charge is -2.06. The zero-order chi connectivity index (χ0) is 12.6. The van der Waals surface area contributed by atoms with E-state index in [1.54, 1.807) is 6.07 Å². The number of benzene rings is 1. The van der Waals surface area contributed by atoms with Crippen LogP contribution in [0, 0.1) is 17.0 Å². The molecule has 0 bridgehead atoms. The van der Waals surface area contributed by atoms with Gasteiger partial charge < -0.3 is 10.8 Å². The van der Waals surface area contributed by atoms with Crippen LogP contribution in [-0.2, 0) is 0 Å². The molecule has 2 aromatic rings. The van der Waals surface area contributed by atoms with Gasteiger partial charge in [0.15, 0.2) is 0 Å². The smallest absolute Gasteiger partial charge is 0.303 e. The Morgan fingerprint density at radius 3 is 2.71 bits per heavy atom. The van der Waals surface area contributed by atoms with E-state index in [0.717, 1.165) is 16.9 Å². The fraction of sp³-hybridized carbons (Fsp3) is 0.0909. The van der Waals surface area contributed by atoms with Gasteiger partial charge in [0.25, 0.3) is 0 Å². The Hall–Kier alpha value is -2.08. The molecule has 0 radical (unpaired) electrons. The summed E-state index contributed by atoms with van der Waals surface area (Å²) < 4.78 is 0. The van der Waals surface area contributed by atoms with Crippen LogP contribution in [0.15, 0.2) is 23.6 Å². The highest BCUT2D eigenvalue weighted by atomic mass is 32.1. The van der Waals surface area contributed by atoms with Gasteiger partial charge >= 0.3 is 5.69 Å². The Morgan fingerprint density at radius 1 is 1.47 bits per heavy atom. The van der Waals surface area contributed by atoms with Crippen molar-refractivity contribution in [2.75, 3.05) is 5.73 Å². The second-order valence-corrected chi connectivity index (χ2v) is 4.47. The van der Waals surface area contributed by atoms with Crippen molar-refractivity contribution in [3.05, 3.63) is 39.3 Å². The molecular weight excluding hydrogens is 240 g/mol. The summed E-state index contributed by atoms with van der Waals surface area (Å²) in [5.74, 6) is 0.0773. The molecule has 0 aliphatic carbocycles. The van der Waals surface area contributed by atoms with Gasteiger partial charge in [-0.25, -0.2) is 0 Å². The number of anilines is 1. The van der Waals surface area contributed by atoms with E-state index in [1.807, 2.05) is 13.0 Å². The van der Waals surface area contributed by atoms with E-state index in [0.29, 0.717) is 10.4 Å². The van der Waals surface area contributed by atoms with E-state index in [-0.39, 0.29) is 17.1 Å². The van der Waals surface area contributed by atoms with E-state index in [2.05, 4.69) is 0 Å². The van der Waals surface area contributed by atoms with Crippen LogP contribution < -0.4 is 5.73 Å². The van der Waals surface area contributed by atoms with Gasteiger partial charge in [-0.05, 0) is 18.6 Å². The molecule has 3 N–H and O–H groups in total. The Bertz CT molecular complexity index is 572. The van der Waals surface area contributed by atoms with Crippen molar-refractivity contribution in [3.8, 4) is 16.2 Å². The largest absolute Gasteiger partial charge is 0.507 e. The van der Waals surface area contributed by atoms with E-state index in [4.69, 9.17) is 5.73 Å². The maximum atomic E-state index is 10.7. The molecule has 0 amide bonds. The van der Waals surface area contributed by atoms with E-state index in [1.165, 1.54) is 11.4 Å². The minimum atomic E-state index is -0.523. The van der Waals surface area contributed by atoms with Crippen LogP contribution in [-0.4, -0.2) is 10.0 Å². The van der Waals surface area contributed by atoms with Crippen molar-refractivity contribution < 1.29 is 10.0 Å². The number of nitrogen functional groups attached to an aromatic ring is 1. The molecular formula is C11H10N2O3S. The van der Waals surface area contributed by atoms with Gasteiger partial charge in [-0.3, -0.25) is 10.1 Å². The quantitative estimate of drug-likeness (QED) is 0.633. The number of aromatic hydroxyl groups is 1. The first-order chi connectivity index (χ1) is 8.02. The molecule has 17 heavy (non-hydrogen) atoms. The average Bonchev–Trinajstić information content (AvgIpc) is 2.61. The number of aryl methyl sites for hydroxylation is 1. The maximum absolute atomic E-state index is 10.7. The average molecular weight is 250 g/mol. The number of rotatable bonds is 2. The highest BCUT2D eigenvalue weighted by Crippen LogP contribution is 2.44. The van der Waals surface area contributed by atoms with Gasteiger partial charge in [-0.2, -0.15) is 0 Å². The maximum Gasteiger partial charge on any atom is 0.303 e. The monoisotopic (exact) mass is 250 g/mol. The Labute approximate surface area is 101 Å². The zero-order valence-electron chi connectivity index (χ0n) is 9.01. The summed E-state index contributed by atoms with van der Waals surface area (Å²) in [7, 11) is 0. The van der Waals surface area contributed by atoms with Crippen molar-refractivity contribution in [1.82, 2.24) is 0 Å². The molecule has 5 nitrogen and oxygen atoms in total. The molecule has 0 saturated carbocycles. The number of phenols is 1. The van der Waals surface area contributed by atoms with Gasteiger partial charge in [0, 0.05) is 5.56 Å². The molecule has 2 rings (SSSR count). The number of nitrogens with zero attached hydrogens (tertiary/aromatic N) is 1. The predicted molar refractivity (Wildman–Crippen MR) is 67.2 cm³/mol. The number of nitro groups is 1. The standard InChI is InChI=1S/C11H10N2O3S/c1-6-3-2-4-8(14)9(6)11-10(12)7(5-17-11)13(15)16/h2-5,14H,12H2,1H3. The molecule has 0 spiro atoms. The molecule has 1 aromatic heterocycles. The van der Waals surface area contributed by atoms with E-state index >= 15 is 0 Å². The van der Waals surface area contributed by atoms with E-state index in [9.17, 15) is 15.2 Å². The number of nitrogens with two attached hydrogens (primary N) is 1. The summed E-state index contributed by atoms with van der Waals surface area (Å²) >= 11 is 1.16. The molecule has 1 aromatic carbocycles. The first-order valence-electron chi connectivity index (χ1n) is 4.82. The molecule has 0 aliphatic heterocycles. The Balaban J connectivity index is 2.66. The third kappa shape index (κ3) is 1.83. The normalized spacial score (nSPS) is 10.4. The molecule has 0 saturated heterocycles. The van der Waals surface area contributed by atoms with Crippen molar-refractivity contribution >= 4 is 22.7 Å². The summed E-state index contributed by atoms with van der Waals surface area (Å²) in [6, 6.07) is 5.07. The van der Waals surface area contributed by atoms with Crippen molar-refractivity contribution in [3.63, 3.8) is 0 Å². The second kappa shape index (κ2) is 4.06. The van der Waals surface area contributed by atoms with Crippen LogP contribution in [0.2, 0.25) is 0 Å². The van der Waals surface area contributed by atoms with Crippen LogP contribution in [0.5, 0.6) is 5.75 Å². The second-order valence-electron chi connectivity index (χ2n) is 3.59. The summed E-state index contributed by atoms with van der Waals surface area (Å²) in [4.78, 5) is 10.7. The molecule has 1 heterocycles. The van der Waals surface area contributed by atoms with Crippen LogP contribution >= 0.6 is 11.3 Å². The number of thiophene rings is 1. The van der Waals surface area contributed by atoms with Crippen molar-refractivity contribution in [2.45, 2.75) is 6.92 Å². The topological polar surface area (TPSA) is 89.4 Å². The molecule has 0 aliphatic rings. The third-order valence-electron chi connectivity index (χ3n) is 2.48. The Kier molecular flexibility index (Phi) is 2.72. The zero-order valence-corrected chi connectivity index (χ0v) is 9.82. The first-order valence-corrected chi connectivity index (χ1v) is 5.70. The summed E-state index contributed by atoms with van der Waals surface area (Å²) in [5.41, 5.74) is 7.10. The van der Waals surface area contributed by atoms with Crippen LogP contribution in [0.1, 0.15) is 5.56 Å². The van der Waals surface area contributed by atoms with Gasteiger partial charge in [0.2, 0.25) is 0 Å². The predicted octanol–water partition coefficient (Wildman–Crippen LogP) is 2.92. The van der Waals surface area contributed by atoms with Crippen LogP contribution in [0.4, 0.5) is 11.4 Å². The molecule has 0 unspecified atom stereocenters. The minimum Gasteiger partial charge on any atom is -0.507 e. The van der Waals surface area contributed by atoms with Crippen LogP contribution in [0.3, 0.4) is 0 Å². The van der Waals surface area contributed by atoms with E-state index < -0.39 is 4.92 Å². The lowest BCUT2D eigenvalue weighted by molar-refractivity contribution is -0.383. The number of hydrogen-bond donors (Lipinski definition) is 2. The van der Waals surface area contributed by atoms with Crippen molar-refractivity contribution in [1.29, 1.82) is 0 Å². The highest BCUT2D eigenvalue weighted by Gasteiger charge is 2.21. The fourth-order valence-corrected chi connectivity index (χ4v) is 2.70. The van der Waals surface area contributed by atoms with Crippen LogP contribution in [0.25, 0.3) is 10.4 Å². The van der Waals surface area contributed by atoms with Gasteiger partial charge in [-0.15, -0.1) is 11.3 Å². The Morgan fingerprint density at radius 2 is 2.18 bits per heavy atom. The summed E-state index contributed by atoms with van der Waals surface area (Å²) in [5, 5.41) is 21.9. The number of phenolic OH excluding ortho intramolecular Hbond substituents is 1. The third-order valence-corrected chi connectivity index (χ3v) is 3.48. The highest BCUT2D eigenvalue weighted by molar-refractivity contribution is 7.14. The number of hydrogen-bond acceptors (Lipinski definition) is 5. The SMILES string of the molecule is Cc1cccc(O)c1-c1scc([N+](=O)[O-])c1N. The summed E-state index contributed by atoms with van der Waals surface area (Å²) in [6.07, 6.45) is 0. The lowest BCUT2D eigenvalue weighted by Crippen LogP contribution is -1.93.